The maximum atomic E-state index is 9.70. The maximum absolute atomic E-state index is 9.70. The molecule has 0 spiro atoms. The van der Waals surface area contributed by atoms with Crippen LogP contribution in [0.5, 0.6) is 0 Å². The van der Waals surface area contributed by atoms with Gasteiger partial charge in [0.2, 0.25) is 0 Å². The van der Waals surface area contributed by atoms with Crippen LogP contribution in [0, 0.1) is 0 Å². The minimum absolute atomic E-state index is 0. The average molecular weight is 536 g/mol. The Balaban J connectivity index is 0.00000300. The van der Waals surface area contributed by atoms with Crippen molar-refractivity contribution in [3.8, 4) is 0 Å². The molecule has 6 nitrogen and oxygen atoms in total. The lowest BCUT2D eigenvalue weighted by Crippen LogP contribution is -2.47. The summed E-state index contributed by atoms with van der Waals surface area (Å²) in [5.74, 6) is 1.00. The van der Waals surface area contributed by atoms with E-state index in [1.165, 1.54) is 5.69 Å². The normalized spacial score (nSPS) is 19.2. The number of nitrogens with one attached hydrogen (secondary N) is 1. The predicted molar refractivity (Wildman–Crippen MR) is 133 cm³/mol. The molecule has 0 atom stereocenters. The number of halogens is 2. The highest BCUT2D eigenvalue weighted by Gasteiger charge is 2.20. The SMILES string of the molecule is CCNC(=NCCCN1CCN(c2cccc(Cl)c2)CC1)N1CCC(O)CC1.I. The molecule has 0 amide bonds. The Morgan fingerprint density at radius 2 is 1.90 bits per heavy atom. The summed E-state index contributed by atoms with van der Waals surface area (Å²) in [6.45, 7) is 10.9. The summed E-state index contributed by atoms with van der Waals surface area (Å²) < 4.78 is 0. The summed E-state index contributed by atoms with van der Waals surface area (Å²) in [6, 6.07) is 8.13. The average Bonchev–Trinajstić information content (AvgIpc) is 2.71. The van der Waals surface area contributed by atoms with Crippen LogP contribution in [0.2, 0.25) is 5.02 Å². The Hall–Kier alpha value is -0.770. The van der Waals surface area contributed by atoms with Crippen molar-refractivity contribution in [2.24, 2.45) is 4.99 Å². The number of anilines is 1. The van der Waals surface area contributed by atoms with E-state index < -0.39 is 0 Å². The van der Waals surface area contributed by atoms with Crippen LogP contribution in [-0.4, -0.2) is 85.9 Å². The number of hydrogen-bond donors (Lipinski definition) is 2. The second-order valence-corrected chi connectivity index (χ2v) is 8.05. The summed E-state index contributed by atoms with van der Waals surface area (Å²) in [5.41, 5.74) is 1.22. The highest BCUT2D eigenvalue weighted by atomic mass is 127. The van der Waals surface area contributed by atoms with E-state index >= 15 is 0 Å². The van der Waals surface area contributed by atoms with Gasteiger partial charge in [-0.1, -0.05) is 17.7 Å². The standard InChI is InChI=1S/C21H34ClN5O.HI/c1-2-23-21(27-11-7-20(28)8-12-27)24-9-4-10-25-13-15-26(16-14-25)19-6-3-5-18(22)17-19;/h3,5-6,17,20,28H,2,4,7-16H2,1H3,(H,23,24);1H. The van der Waals surface area contributed by atoms with Crippen molar-refractivity contribution in [3.63, 3.8) is 0 Å². The van der Waals surface area contributed by atoms with Crippen LogP contribution in [0.1, 0.15) is 26.2 Å². The Morgan fingerprint density at radius 1 is 1.17 bits per heavy atom. The zero-order chi connectivity index (χ0) is 19.8. The summed E-state index contributed by atoms with van der Waals surface area (Å²) in [7, 11) is 0. The largest absolute Gasteiger partial charge is 0.393 e. The van der Waals surface area contributed by atoms with Crippen molar-refractivity contribution in [1.82, 2.24) is 15.1 Å². The molecule has 0 unspecified atom stereocenters. The molecular weight excluding hydrogens is 501 g/mol. The number of benzene rings is 1. The van der Waals surface area contributed by atoms with E-state index in [9.17, 15) is 5.11 Å². The van der Waals surface area contributed by atoms with E-state index in [1.54, 1.807) is 0 Å². The van der Waals surface area contributed by atoms with Gasteiger partial charge in [0, 0.05) is 69.6 Å². The van der Waals surface area contributed by atoms with Gasteiger partial charge in [-0.05, 0) is 44.4 Å². The Bertz CT molecular complexity index is 631. The molecule has 2 aliphatic rings. The number of piperazine rings is 1. The highest BCUT2D eigenvalue weighted by molar-refractivity contribution is 14.0. The van der Waals surface area contributed by atoms with Crippen LogP contribution >= 0.6 is 35.6 Å². The van der Waals surface area contributed by atoms with Crippen LogP contribution in [-0.2, 0) is 0 Å². The van der Waals surface area contributed by atoms with Gasteiger partial charge < -0.3 is 20.2 Å². The van der Waals surface area contributed by atoms with Crippen LogP contribution in [0.3, 0.4) is 0 Å². The van der Waals surface area contributed by atoms with Crippen molar-refractivity contribution in [2.45, 2.75) is 32.3 Å². The first-order chi connectivity index (χ1) is 13.7. The van der Waals surface area contributed by atoms with E-state index in [0.29, 0.717) is 0 Å². The molecule has 1 aromatic carbocycles. The number of rotatable bonds is 6. The van der Waals surface area contributed by atoms with Gasteiger partial charge in [-0.3, -0.25) is 9.89 Å². The molecule has 0 aromatic heterocycles. The minimum atomic E-state index is -0.148. The number of piperidine rings is 1. The van der Waals surface area contributed by atoms with Crippen LogP contribution in [0.4, 0.5) is 5.69 Å². The number of nitrogens with zero attached hydrogens (tertiary/aromatic N) is 4. The molecule has 1 aromatic rings. The Labute approximate surface area is 197 Å². The number of aliphatic hydroxyl groups is 1. The molecule has 2 fully saturated rings. The van der Waals surface area contributed by atoms with Gasteiger partial charge in [0.05, 0.1) is 6.10 Å². The summed E-state index contributed by atoms with van der Waals surface area (Å²) in [4.78, 5) is 12.0. The van der Waals surface area contributed by atoms with Gasteiger partial charge in [-0.25, -0.2) is 0 Å². The molecule has 29 heavy (non-hydrogen) atoms. The first-order valence-corrected chi connectivity index (χ1v) is 11.0. The zero-order valence-electron chi connectivity index (χ0n) is 17.4. The summed E-state index contributed by atoms with van der Waals surface area (Å²) in [6.07, 6.45) is 2.59. The van der Waals surface area contributed by atoms with Gasteiger partial charge >= 0.3 is 0 Å². The molecule has 2 N–H and O–H groups in total. The van der Waals surface area contributed by atoms with Crippen molar-refractivity contribution < 1.29 is 5.11 Å². The van der Waals surface area contributed by atoms with Gasteiger partial charge in [0.1, 0.15) is 0 Å². The summed E-state index contributed by atoms with van der Waals surface area (Å²) in [5, 5.41) is 13.9. The van der Waals surface area contributed by atoms with Crippen LogP contribution in [0.15, 0.2) is 29.3 Å². The number of likely N-dealkylation sites (tertiary alicyclic amines) is 1. The lowest BCUT2D eigenvalue weighted by molar-refractivity contribution is 0.108. The lowest BCUT2D eigenvalue weighted by Gasteiger charge is -2.36. The molecule has 164 valence electrons. The van der Waals surface area contributed by atoms with Crippen molar-refractivity contribution in [1.29, 1.82) is 0 Å². The second-order valence-electron chi connectivity index (χ2n) is 7.62. The maximum Gasteiger partial charge on any atom is 0.193 e. The Kier molecular flexibility index (Phi) is 10.8. The molecule has 0 aliphatic carbocycles. The molecule has 0 radical (unpaired) electrons. The molecule has 2 heterocycles. The third-order valence-electron chi connectivity index (χ3n) is 5.54. The molecule has 3 rings (SSSR count). The zero-order valence-corrected chi connectivity index (χ0v) is 20.5. The van der Waals surface area contributed by atoms with Gasteiger partial charge in [0.15, 0.2) is 5.96 Å². The second kappa shape index (κ2) is 12.8. The molecule has 8 heteroatoms. The molecular formula is C21H35ClIN5O. The van der Waals surface area contributed by atoms with Crippen LogP contribution in [0.25, 0.3) is 0 Å². The smallest absolute Gasteiger partial charge is 0.193 e. The number of guanidine groups is 1. The summed E-state index contributed by atoms with van der Waals surface area (Å²) >= 11 is 6.12. The number of hydrogen-bond acceptors (Lipinski definition) is 4. The molecule has 2 saturated heterocycles. The Morgan fingerprint density at radius 3 is 2.55 bits per heavy atom. The monoisotopic (exact) mass is 535 g/mol. The molecule has 2 aliphatic heterocycles. The van der Waals surface area contributed by atoms with E-state index in [-0.39, 0.29) is 30.1 Å². The van der Waals surface area contributed by atoms with E-state index in [0.717, 1.165) is 89.1 Å². The quantitative estimate of drug-likeness (QED) is 0.254. The van der Waals surface area contributed by atoms with E-state index in [4.69, 9.17) is 16.6 Å². The topological polar surface area (TPSA) is 54.3 Å². The van der Waals surface area contributed by atoms with Gasteiger partial charge in [-0.2, -0.15) is 0 Å². The highest BCUT2D eigenvalue weighted by Crippen LogP contribution is 2.20. The van der Waals surface area contributed by atoms with Crippen LogP contribution < -0.4 is 10.2 Å². The third-order valence-corrected chi connectivity index (χ3v) is 5.77. The fourth-order valence-corrected chi connectivity index (χ4v) is 4.07. The van der Waals surface area contributed by atoms with Crippen molar-refractivity contribution in [3.05, 3.63) is 29.3 Å². The minimum Gasteiger partial charge on any atom is -0.393 e. The lowest BCUT2D eigenvalue weighted by atomic mass is 10.1. The van der Waals surface area contributed by atoms with E-state index in [2.05, 4.69) is 33.0 Å². The molecule has 0 saturated carbocycles. The van der Waals surface area contributed by atoms with Gasteiger partial charge in [-0.15, -0.1) is 24.0 Å². The first-order valence-electron chi connectivity index (χ1n) is 10.6. The van der Waals surface area contributed by atoms with E-state index in [1.807, 2.05) is 18.2 Å². The number of aliphatic imine (C=N–C) groups is 1. The number of aliphatic hydroxyl groups excluding tert-OH is 1. The predicted octanol–water partition coefficient (Wildman–Crippen LogP) is 2.89. The fraction of sp³-hybridized carbons (Fsp3) is 0.667. The van der Waals surface area contributed by atoms with Gasteiger partial charge in [0.25, 0.3) is 0 Å². The van der Waals surface area contributed by atoms with Crippen molar-refractivity contribution in [2.75, 3.05) is 63.8 Å². The van der Waals surface area contributed by atoms with Crippen molar-refractivity contribution >= 4 is 47.2 Å². The third kappa shape index (κ3) is 7.77. The molecule has 0 bridgehead atoms. The first kappa shape index (κ1) is 24.5. The fourth-order valence-electron chi connectivity index (χ4n) is 3.89.